The fraction of sp³-hybridized carbons (Fsp3) is 0.778. The molecule has 2 fully saturated rings. The van der Waals surface area contributed by atoms with Crippen LogP contribution < -0.4 is 0 Å². The van der Waals surface area contributed by atoms with Crippen molar-refractivity contribution >= 4 is 0 Å². The van der Waals surface area contributed by atoms with Gasteiger partial charge in [-0.1, -0.05) is 50.0 Å². The summed E-state index contributed by atoms with van der Waals surface area (Å²) >= 11 is 0. The summed E-state index contributed by atoms with van der Waals surface area (Å²) in [5.74, 6) is 1.49. The third kappa shape index (κ3) is 3.35. The molecule has 0 aliphatic heterocycles. The molecule has 2 heteroatoms. The Balaban J connectivity index is 1.55. The van der Waals surface area contributed by atoms with Crippen molar-refractivity contribution in [3.63, 3.8) is 0 Å². The number of allylic oxidation sites excluding steroid dienone is 3. The molecule has 0 radical (unpaired) electrons. The van der Waals surface area contributed by atoms with E-state index in [9.17, 15) is 5.11 Å². The second-order valence-electron chi connectivity index (χ2n) is 6.77. The van der Waals surface area contributed by atoms with Crippen LogP contribution in [0.15, 0.2) is 23.8 Å². The van der Waals surface area contributed by atoms with Gasteiger partial charge >= 0.3 is 0 Å². The van der Waals surface area contributed by atoms with Crippen LogP contribution >= 0.6 is 0 Å². The Morgan fingerprint density at radius 1 is 1.35 bits per heavy atom. The molecule has 0 aromatic rings. The van der Waals surface area contributed by atoms with Crippen molar-refractivity contribution < 1.29 is 9.84 Å². The van der Waals surface area contributed by atoms with Crippen molar-refractivity contribution in [3.8, 4) is 0 Å². The molecule has 4 atom stereocenters. The fourth-order valence-corrected chi connectivity index (χ4v) is 3.80. The largest absolute Gasteiger partial charge is 0.390 e. The lowest BCUT2D eigenvalue weighted by Gasteiger charge is -2.27. The minimum atomic E-state index is -0.324. The van der Waals surface area contributed by atoms with E-state index < -0.39 is 0 Å². The summed E-state index contributed by atoms with van der Waals surface area (Å²) in [7, 11) is 0. The number of ether oxygens (including phenoxy) is 1. The summed E-state index contributed by atoms with van der Waals surface area (Å²) in [5.41, 5.74) is 1.45. The number of rotatable bonds is 7. The fourth-order valence-electron chi connectivity index (χ4n) is 3.80. The van der Waals surface area contributed by atoms with Crippen LogP contribution in [0.3, 0.4) is 0 Å². The van der Waals surface area contributed by atoms with E-state index in [4.69, 9.17) is 4.74 Å². The maximum atomic E-state index is 10.6. The van der Waals surface area contributed by atoms with Gasteiger partial charge in [0.05, 0.1) is 18.3 Å². The second-order valence-corrected chi connectivity index (χ2v) is 6.77. The van der Waals surface area contributed by atoms with E-state index in [1.807, 2.05) is 0 Å². The molecule has 0 spiro atoms. The summed E-state index contributed by atoms with van der Waals surface area (Å²) in [6, 6.07) is 0. The van der Waals surface area contributed by atoms with Crippen molar-refractivity contribution in [3.05, 3.63) is 23.8 Å². The summed E-state index contributed by atoms with van der Waals surface area (Å²) in [4.78, 5) is 0. The van der Waals surface area contributed by atoms with Gasteiger partial charge in [-0.05, 0) is 43.9 Å². The second kappa shape index (κ2) is 6.44. The highest BCUT2D eigenvalue weighted by Gasteiger charge is 2.40. The number of aliphatic hydroxyl groups excluding tert-OH is 1. The van der Waals surface area contributed by atoms with Crippen molar-refractivity contribution in [1.29, 1.82) is 0 Å². The van der Waals surface area contributed by atoms with Crippen LogP contribution in [0.1, 0.15) is 58.3 Å². The third-order valence-corrected chi connectivity index (χ3v) is 5.10. The molecule has 0 aromatic carbocycles. The molecule has 0 aromatic heterocycles. The molecule has 0 heterocycles. The van der Waals surface area contributed by atoms with E-state index in [2.05, 4.69) is 25.2 Å². The van der Waals surface area contributed by atoms with Crippen molar-refractivity contribution in [2.45, 2.75) is 76.6 Å². The maximum Gasteiger partial charge on any atom is 0.0840 e. The molecule has 0 amide bonds. The molecule has 3 aliphatic rings. The van der Waals surface area contributed by atoms with Gasteiger partial charge in [-0.3, -0.25) is 0 Å². The lowest BCUT2D eigenvalue weighted by molar-refractivity contribution is -0.0777. The van der Waals surface area contributed by atoms with Gasteiger partial charge < -0.3 is 9.84 Å². The molecule has 3 rings (SSSR count). The first-order chi connectivity index (χ1) is 9.78. The van der Waals surface area contributed by atoms with E-state index in [-0.39, 0.29) is 12.2 Å². The molecular weight excluding hydrogens is 248 g/mol. The topological polar surface area (TPSA) is 29.5 Å². The highest BCUT2D eigenvalue weighted by atomic mass is 16.5. The van der Waals surface area contributed by atoms with Gasteiger partial charge in [-0.2, -0.15) is 0 Å². The maximum absolute atomic E-state index is 10.6. The molecular formula is C18H28O2. The van der Waals surface area contributed by atoms with Crippen LogP contribution in [0, 0.1) is 11.8 Å². The van der Waals surface area contributed by atoms with Crippen LogP contribution in [-0.4, -0.2) is 23.4 Å². The van der Waals surface area contributed by atoms with Crippen LogP contribution in [0.4, 0.5) is 0 Å². The number of fused-ring (bicyclic) bond motifs is 1. The Morgan fingerprint density at radius 3 is 2.90 bits per heavy atom. The Labute approximate surface area is 122 Å². The molecule has 112 valence electrons. The first-order valence-electron chi connectivity index (χ1n) is 8.48. The SMILES string of the molecule is CCC[C@H](OC1CCCC1)[C@@H](O)CC1=CC=CC2CC12. The zero-order chi connectivity index (χ0) is 13.9. The zero-order valence-electron chi connectivity index (χ0n) is 12.6. The summed E-state index contributed by atoms with van der Waals surface area (Å²) in [6.45, 7) is 2.18. The van der Waals surface area contributed by atoms with E-state index >= 15 is 0 Å². The highest BCUT2D eigenvalue weighted by molar-refractivity contribution is 5.30. The Kier molecular flexibility index (Phi) is 4.62. The lowest BCUT2D eigenvalue weighted by atomic mass is 9.95. The molecule has 0 saturated heterocycles. The minimum absolute atomic E-state index is 0.0344. The van der Waals surface area contributed by atoms with Gasteiger partial charge in [0.25, 0.3) is 0 Å². The average Bonchev–Trinajstić information content (AvgIpc) is 3.07. The van der Waals surface area contributed by atoms with Crippen LogP contribution in [0.5, 0.6) is 0 Å². The minimum Gasteiger partial charge on any atom is -0.390 e. The smallest absolute Gasteiger partial charge is 0.0840 e. The van der Waals surface area contributed by atoms with Gasteiger partial charge in [0.15, 0.2) is 0 Å². The summed E-state index contributed by atoms with van der Waals surface area (Å²) in [5, 5.41) is 10.6. The zero-order valence-corrected chi connectivity index (χ0v) is 12.6. The molecule has 2 unspecified atom stereocenters. The standard InChI is InChI=1S/C18H28O2/c1-2-6-18(20-15-9-3-4-10-15)17(19)12-14-8-5-7-13-11-16(13)14/h5,7-8,13,15-19H,2-4,6,9-12H2,1H3/t13?,16?,17-,18-/m0/s1. The summed E-state index contributed by atoms with van der Waals surface area (Å²) in [6.07, 6.45) is 15.9. The van der Waals surface area contributed by atoms with Crippen LogP contribution in [0.2, 0.25) is 0 Å². The highest BCUT2D eigenvalue weighted by Crippen LogP contribution is 2.48. The van der Waals surface area contributed by atoms with Gasteiger partial charge in [0, 0.05) is 0 Å². The molecule has 1 N–H and O–H groups in total. The normalized spacial score (nSPS) is 31.8. The number of hydrogen-bond acceptors (Lipinski definition) is 2. The van der Waals surface area contributed by atoms with Gasteiger partial charge in [-0.25, -0.2) is 0 Å². The molecule has 0 bridgehead atoms. The van der Waals surface area contributed by atoms with E-state index in [0.717, 1.165) is 31.1 Å². The van der Waals surface area contributed by atoms with E-state index in [1.54, 1.807) is 0 Å². The van der Waals surface area contributed by atoms with E-state index in [1.165, 1.54) is 37.7 Å². The first-order valence-corrected chi connectivity index (χ1v) is 8.48. The van der Waals surface area contributed by atoms with Crippen LogP contribution in [0.25, 0.3) is 0 Å². The van der Waals surface area contributed by atoms with Crippen molar-refractivity contribution in [1.82, 2.24) is 0 Å². The number of aliphatic hydroxyl groups is 1. The predicted octanol–water partition coefficient (Wildman–Crippen LogP) is 4.00. The number of hydrogen-bond donors (Lipinski definition) is 1. The third-order valence-electron chi connectivity index (χ3n) is 5.10. The molecule has 2 nitrogen and oxygen atoms in total. The Bertz CT molecular complexity index is 379. The predicted molar refractivity (Wildman–Crippen MR) is 81.5 cm³/mol. The lowest BCUT2D eigenvalue weighted by Crippen LogP contribution is -2.32. The molecule has 3 aliphatic carbocycles. The summed E-state index contributed by atoms with van der Waals surface area (Å²) < 4.78 is 6.21. The van der Waals surface area contributed by atoms with Crippen molar-refractivity contribution in [2.75, 3.05) is 0 Å². The van der Waals surface area contributed by atoms with Crippen LogP contribution in [-0.2, 0) is 4.74 Å². The van der Waals surface area contributed by atoms with Gasteiger partial charge in [-0.15, -0.1) is 0 Å². The monoisotopic (exact) mass is 276 g/mol. The van der Waals surface area contributed by atoms with Gasteiger partial charge in [0.1, 0.15) is 0 Å². The van der Waals surface area contributed by atoms with Crippen molar-refractivity contribution in [2.24, 2.45) is 11.8 Å². The first kappa shape index (κ1) is 14.3. The van der Waals surface area contributed by atoms with E-state index in [0.29, 0.717) is 6.10 Å². The quantitative estimate of drug-likeness (QED) is 0.761. The molecule has 2 saturated carbocycles. The average molecular weight is 276 g/mol. The Morgan fingerprint density at radius 2 is 2.15 bits per heavy atom. The van der Waals surface area contributed by atoms with Gasteiger partial charge in [0.2, 0.25) is 0 Å². The molecule has 20 heavy (non-hydrogen) atoms. The Hall–Kier alpha value is -0.600.